The van der Waals surface area contributed by atoms with Crippen LogP contribution in [0.2, 0.25) is 0 Å². The quantitative estimate of drug-likeness (QED) is 0.849. The summed E-state index contributed by atoms with van der Waals surface area (Å²) in [6, 6.07) is 5.81. The maximum absolute atomic E-state index is 5.41. The van der Waals surface area contributed by atoms with Crippen LogP contribution >= 0.6 is 0 Å². The van der Waals surface area contributed by atoms with E-state index in [0.717, 1.165) is 17.1 Å². The van der Waals surface area contributed by atoms with Gasteiger partial charge in [-0.15, -0.1) is 0 Å². The number of nitrogens with one attached hydrogen (secondary N) is 1. The topological polar surface area (TPSA) is 61.2 Å². The van der Waals surface area contributed by atoms with E-state index in [0.29, 0.717) is 6.54 Å². The van der Waals surface area contributed by atoms with Crippen molar-refractivity contribution in [3.63, 3.8) is 0 Å². The molecule has 0 aliphatic heterocycles. The average molecular weight is 262 g/mol. The Morgan fingerprint density at radius 2 is 2.16 bits per heavy atom. The van der Waals surface area contributed by atoms with Crippen molar-refractivity contribution in [1.29, 1.82) is 0 Å². The highest BCUT2D eigenvalue weighted by Gasteiger charge is 2.16. The minimum atomic E-state index is 0.0618. The summed E-state index contributed by atoms with van der Waals surface area (Å²) < 4.78 is 12.4. The first-order valence-corrected chi connectivity index (χ1v) is 6.00. The number of benzene rings is 1. The summed E-state index contributed by atoms with van der Waals surface area (Å²) in [6.45, 7) is 0.667. The highest BCUT2D eigenvalue weighted by atomic mass is 16.5. The molecule has 0 spiro atoms. The summed E-state index contributed by atoms with van der Waals surface area (Å²) in [6.07, 6.45) is 3.21. The number of rotatable bonds is 6. The molecule has 2 aromatic rings. The summed E-state index contributed by atoms with van der Waals surface area (Å²) in [5.74, 6) is 1.62. The number of nitrogens with zero attached hydrogens (tertiary/aromatic N) is 3. The molecule has 0 amide bonds. The molecule has 0 aliphatic carbocycles. The fraction of sp³-hybridized carbons (Fsp3) is 0.385. The third-order valence-corrected chi connectivity index (χ3v) is 3.00. The van der Waals surface area contributed by atoms with E-state index in [1.165, 1.54) is 6.33 Å². The second-order valence-corrected chi connectivity index (χ2v) is 4.07. The predicted molar refractivity (Wildman–Crippen MR) is 71.4 cm³/mol. The number of hydrogen-bond acceptors (Lipinski definition) is 5. The van der Waals surface area contributed by atoms with Crippen molar-refractivity contribution >= 4 is 0 Å². The van der Waals surface area contributed by atoms with Gasteiger partial charge in [-0.3, -0.25) is 4.68 Å². The van der Waals surface area contributed by atoms with Crippen molar-refractivity contribution in [2.45, 2.75) is 12.6 Å². The van der Waals surface area contributed by atoms with Gasteiger partial charge in [-0.1, -0.05) is 0 Å². The van der Waals surface area contributed by atoms with Gasteiger partial charge in [-0.25, -0.2) is 4.98 Å². The Morgan fingerprint density at radius 1 is 1.32 bits per heavy atom. The van der Waals surface area contributed by atoms with Crippen LogP contribution in [-0.4, -0.2) is 36.0 Å². The molecule has 2 rings (SSSR count). The van der Waals surface area contributed by atoms with Gasteiger partial charge in [0, 0.05) is 5.56 Å². The highest BCUT2D eigenvalue weighted by molar-refractivity contribution is 5.42. The highest BCUT2D eigenvalue weighted by Crippen LogP contribution is 2.29. The molecule has 19 heavy (non-hydrogen) atoms. The van der Waals surface area contributed by atoms with Crippen LogP contribution in [0, 0.1) is 0 Å². The molecular weight excluding hydrogens is 244 g/mol. The van der Waals surface area contributed by atoms with E-state index in [4.69, 9.17) is 9.47 Å². The summed E-state index contributed by atoms with van der Waals surface area (Å²) in [7, 11) is 5.21. The van der Waals surface area contributed by atoms with Gasteiger partial charge in [0.1, 0.15) is 24.2 Å². The van der Waals surface area contributed by atoms with Gasteiger partial charge in [0.2, 0.25) is 0 Å². The molecule has 0 radical (unpaired) electrons. The van der Waals surface area contributed by atoms with Crippen LogP contribution in [-0.2, 0) is 6.54 Å². The van der Waals surface area contributed by atoms with Crippen molar-refractivity contribution in [2.24, 2.45) is 0 Å². The molecule has 1 unspecified atom stereocenters. The molecule has 1 heterocycles. The van der Waals surface area contributed by atoms with E-state index >= 15 is 0 Å². The zero-order valence-corrected chi connectivity index (χ0v) is 11.3. The Labute approximate surface area is 112 Å². The number of methoxy groups -OCH3 is 2. The number of ether oxygens (including phenoxy) is 2. The van der Waals surface area contributed by atoms with Crippen molar-refractivity contribution in [2.75, 3.05) is 21.3 Å². The van der Waals surface area contributed by atoms with E-state index < -0.39 is 0 Å². The molecule has 1 atom stereocenters. The molecule has 6 heteroatoms. The lowest BCUT2D eigenvalue weighted by Crippen LogP contribution is -2.23. The Kier molecular flexibility index (Phi) is 4.35. The molecule has 1 N–H and O–H groups in total. The first kappa shape index (κ1) is 13.4. The first-order chi connectivity index (χ1) is 9.28. The fourth-order valence-corrected chi connectivity index (χ4v) is 1.97. The number of likely N-dealkylation sites (N-methyl/N-ethyl adjacent to an activating group) is 1. The van der Waals surface area contributed by atoms with Gasteiger partial charge in [-0.2, -0.15) is 5.10 Å². The monoisotopic (exact) mass is 262 g/mol. The molecule has 0 aliphatic rings. The van der Waals surface area contributed by atoms with Crippen molar-refractivity contribution in [3.8, 4) is 11.5 Å². The summed E-state index contributed by atoms with van der Waals surface area (Å²) in [5, 5.41) is 7.38. The van der Waals surface area contributed by atoms with Crippen LogP contribution in [0.4, 0.5) is 0 Å². The van der Waals surface area contributed by atoms with Gasteiger partial charge in [0.05, 0.1) is 26.8 Å². The smallest absolute Gasteiger partial charge is 0.137 e. The van der Waals surface area contributed by atoms with Crippen molar-refractivity contribution in [3.05, 3.63) is 36.4 Å². The molecule has 6 nitrogen and oxygen atoms in total. The van der Waals surface area contributed by atoms with Gasteiger partial charge in [0.15, 0.2) is 0 Å². The van der Waals surface area contributed by atoms with Gasteiger partial charge in [-0.05, 0) is 25.2 Å². The van der Waals surface area contributed by atoms with Crippen molar-refractivity contribution < 1.29 is 9.47 Å². The largest absolute Gasteiger partial charge is 0.497 e. The van der Waals surface area contributed by atoms with Crippen LogP contribution in [0.3, 0.4) is 0 Å². The van der Waals surface area contributed by atoms with Crippen LogP contribution < -0.4 is 14.8 Å². The average Bonchev–Trinajstić information content (AvgIpc) is 2.97. The van der Waals surface area contributed by atoms with Crippen molar-refractivity contribution in [1.82, 2.24) is 20.1 Å². The molecule has 0 fully saturated rings. The minimum absolute atomic E-state index is 0.0618. The van der Waals surface area contributed by atoms with Crippen LogP contribution in [0.15, 0.2) is 30.9 Å². The van der Waals surface area contributed by atoms with E-state index in [-0.39, 0.29) is 6.04 Å². The van der Waals surface area contributed by atoms with Gasteiger partial charge in [0.25, 0.3) is 0 Å². The molecule has 1 aromatic carbocycles. The molecule has 102 valence electrons. The van der Waals surface area contributed by atoms with E-state index in [9.17, 15) is 0 Å². The fourth-order valence-electron chi connectivity index (χ4n) is 1.97. The lowest BCUT2D eigenvalue weighted by Gasteiger charge is -2.20. The van der Waals surface area contributed by atoms with E-state index in [2.05, 4.69) is 15.4 Å². The summed E-state index contributed by atoms with van der Waals surface area (Å²) >= 11 is 0. The number of hydrogen-bond donors (Lipinski definition) is 1. The Balaban J connectivity index is 2.30. The van der Waals surface area contributed by atoms with Crippen LogP contribution in [0.25, 0.3) is 0 Å². The third-order valence-electron chi connectivity index (χ3n) is 3.00. The molecular formula is C13H18N4O2. The standard InChI is InChI=1S/C13H18N4O2/c1-14-12(7-17-9-15-8-16-17)11-6-10(18-2)4-5-13(11)19-3/h4-6,8-9,12,14H,7H2,1-3H3. The van der Waals surface area contributed by atoms with E-state index in [1.807, 2.05) is 25.2 Å². The maximum atomic E-state index is 5.41. The lowest BCUT2D eigenvalue weighted by molar-refractivity contribution is 0.382. The third kappa shape index (κ3) is 3.03. The van der Waals surface area contributed by atoms with Gasteiger partial charge < -0.3 is 14.8 Å². The summed E-state index contributed by atoms with van der Waals surface area (Å²) in [4.78, 5) is 3.95. The SMILES string of the molecule is CNC(Cn1cncn1)c1cc(OC)ccc1OC. The zero-order valence-electron chi connectivity index (χ0n) is 11.3. The molecule has 0 saturated heterocycles. The first-order valence-electron chi connectivity index (χ1n) is 6.00. The van der Waals surface area contributed by atoms with E-state index in [1.54, 1.807) is 25.2 Å². The zero-order chi connectivity index (χ0) is 13.7. The molecule has 0 bridgehead atoms. The van der Waals surface area contributed by atoms with Gasteiger partial charge >= 0.3 is 0 Å². The van der Waals surface area contributed by atoms with Crippen LogP contribution in [0.5, 0.6) is 11.5 Å². The summed E-state index contributed by atoms with van der Waals surface area (Å²) in [5.41, 5.74) is 1.03. The number of aromatic nitrogens is 3. The molecule has 1 aromatic heterocycles. The minimum Gasteiger partial charge on any atom is -0.497 e. The molecule has 0 saturated carbocycles. The normalized spacial score (nSPS) is 12.2. The second kappa shape index (κ2) is 6.19. The maximum Gasteiger partial charge on any atom is 0.137 e. The Hall–Kier alpha value is -2.08. The predicted octanol–water partition coefficient (Wildman–Crippen LogP) is 1.26. The Morgan fingerprint density at radius 3 is 2.74 bits per heavy atom. The second-order valence-electron chi connectivity index (χ2n) is 4.07. The Bertz CT molecular complexity index is 513. The van der Waals surface area contributed by atoms with Crippen LogP contribution in [0.1, 0.15) is 11.6 Å². The lowest BCUT2D eigenvalue weighted by atomic mass is 10.1.